The maximum atomic E-state index is 12.2. The zero-order valence-electron chi connectivity index (χ0n) is 12.2. The maximum Gasteiger partial charge on any atom is 0.338 e. The predicted octanol–water partition coefficient (Wildman–Crippen LogP) is 3.03. The summed E-state index contributed by atoms with van der Waals surface area (Å²) < 4.78 is 6.12. The van der Waals surface area contributed by atoms with Gasteiger partial charge in [-0.05, 0) is 24.3 Å². The van der Waals surface area contributed by atoms with Gasteiger partial charge in [-0.25, -0.2) is 4.79 Å². The van der Waals surface area contributed by atoms with E-state index in [1.165, 1.54) is 25.2 Å². The Kier molecular flexibility index (Phi) is 4.00. The van der Waals surface area contributed by atoms with Crippen LogP contribution in [0.5, 0.6) is 0 Å². The van der Waals surface area contributed by atoms with Crippen LogP contribution in [0.25, 0.3) is 0 Å². The van der Waals surface area contributed by atoms with Gasteiger partial charge in [-0.1, -0.05) is 34.1 Å². The number of halogens is 1. The molecule has 0 spiro atoms. The molecule has 2 amide bonds. The van der Waals surface area contributed by atoms with E-state index >= 15 is 0 Å². The molecule has 116 valence electrons. The van der Waals surface area contributed by atoms with Crippen molar-refractivity contribution in [3.8, 4) is 0 Å². The highest BCUT2D eigenvalue weighted by molar-refractivity contribution is 9.10. The SMILES string of the molecule is CN1C(=O)c2ccc(C(=O)OCc3ccccc3Br)cc2C1=O. The number of imide groups is 1. The molecule has 0 radical (unpaired) electrons. The van der Waals surface area contributed by atoms with E-state index in [1.807, 2.05) is 24.3 Å². The molecule has 1 aliphatic rings. The van der Waals surface area contributed by atoms with Crippen molar-refractivity contribution in [2.24, 2.45) is 0 Å². The second kappa shape index (κ2) is 5.96. The lowest BCUT2D eigenvalue weighted by Gasteiger charge is -2.07. The molecular formula is C17H12BrNO4. The third-order valence-electron chi connectivity index (χ3n) is 3.64. The minimum Gasteiger partial charge on any atom is -0.457 e. The van der Waals surface area contributed by atoms with E-state index in [9.17, 15) is 14.4 Å². The standard InChI is InChI=1S/C17H12BrNO4/c1-19-15(20)12-7-6-10(8-13(12)16(19)21)17(22)23-9-11-4-2-3-5-14(11)18/h2-8H,9H2,1H3. The van der Waals surface area contributed by atoms with Crippen molar-refractivity contribution in [2.45, 2.75) is 6.61 Å². The molecule has 0 atom stereocenters. The van der Waals surface area contributed by atoms with E-state index < -0.39 is 11.9 Å². The first kappa shape index (κ1) is 15.4. The van der Waals surface area contributed by atoms with Crippen molar-refractivity contribution in [1.82, 2.24) is 4.90 Å². The van der Waals surface area contributed by atoms with Gasteiger partial charge in [0.15, 0.2) is 0 Å². The lowest BCUT2D eigenvalue weighted by molar-refractivity contribution is 0.0471. The topological polar surface area (TPSA) is 63.7 Å². The fourth-order valence-corrected chi connectivity index (χ4v) is 2.73. The van der Waals surface area contributed by atoms with Gasteiger partial charge < -0.3 is 4.74 Å². The average molecular weight is 374 g/mol. The number of fused-ring (bicyclic) bond motifs is 1. The molecule has 0 N–H and O–H groups in total. The number of amides is 2. The third kappa shape index (κ3) is 2.77. The van der Waals surface area contributed by atoms with Crippen LogP contribution in [0.1, 0.15) is 36.6 Å². The lowest BCUT2D eigenvalue weighted by Crippen LogP contribution is -2.24. The highest BCUT2D eigenvalue weighted by Gasteiger charge is 2.33. The monoisotopic (exact) mass is 373 g/mol. The van der Waals surface area contributed by atoms with E-state index in [0.717, 1.165) is 14.9 Å². The number of nitrogens with zero attached hydrogens (tertiary/aromatic N) is 1. The summed E-state index contributed by atoms with van der Waals surface area (Å²) in [6.45, 7) is 0.115. The van der Waals surface area contributed by atoms with Gasteiger partial charge in [0.05, 0.1) is 16.7 Å². The van der Waals surface area contributed by atoms with Crippen LogP contribution in [-0.2, 0) is 11.3 Å². The fourth-order valence-electron chi connectivity index (χ4n) is 2.33. The highest BCUT2D eigenvalue weighted by atomic mass is 79.9. The number of esters is 1. The fraction of sp³-hybridized carbons (Fsp3) is 0.118. The number of hydrogen-bond donors (Lipinski definition) is 0. The number of benzene rings is 2. The number of carbonyl (C=O) groups is 3. The van der Waals surface area contributed by atoms with E-state index in [-0.39, 0.29) is 23.6 Å². The van der Waals surface area contributed by atoms with E-state index in [1.54, 1.807) is 0 Å². The van der Waals surface area contributed by atoms with Crippen LogP contribution in [-0.4, -0.2) is 29.7 Å². The first-order valence-corrected chi connectivity index (χ1v) is 7.65. The summed E-state index contributed by atoms with van der Waals surface area (Å²) >= 11 is 3.39. The molecule has 0 aliphatic carbocycles. The summed E-state index contributed by atoms with van der Waals surface area (Å²) in [4.78, 5) is 37.0. The van der Waals surface area contributed by atoms with Crippen LogP contribution in [0.2, 0.25) is 0 Å². The molecule has 1 heterocycles. The van der Waals surface area contributed by atoms with E-state index in [4.69, 9.17) is 4.74 Å². The molecule has 5 nitrogen and oxygen atoms in total. The largest absolute Gasteiger partial charge is 0.457 e. The third-order valence-corrected chi connectivity index (χ3v) is 4.42. The first-order chi connectivity index (χ1) is 11.0. The molecule has 0 saturated carbocycles. The van der Waals surface area contributed by atoms with Crippen molar-refractivity contribution < 1.29 is 19.1 Å². The van der Waals surface area contributed by atoms with E-state index in [2.05, 4.69) is 15.9 Å². The lowest BCUT2D eigenvalue weighted by atomic mass is 10.1. The summed E-state index contributed by atoms with van der Waals surface area (Å²) in [5.41, 5.74) is 1.62. The summed E-state index contributed by atoms with van der Waals surface area (Å²) in [5, 5.41) is 0. The zero-order chi connectivity index (χ0) is 16.6. The molecule has 0 bridgehead atoms. The Balaban J connectivity index is 1.78. The van der Waals surface area contributed by atoms with Gasteiger partial charge in [0, 0.05) is 17.1 Å². The number of hydrogen-bond acceptors (Lipinski definition) is 4. The Morgan fingerprint density at radius 2 is 1.78 bits per heavy atom. The van der Waals surface area contributed by atoms with Gasteiger partial charge in [0.25, 0.3) is 11.8 Å². The number of ether oxygens (including phenoxy) is 1. The van der Waals surface area contributed by atoms with Crippen LogP contribution in [0.3, 0.4) is 0 Å². The van der Waals surface area contributed by atoms with Gasteiger partial charge in [-0.2, -0.15) is 0 Å². The van der Waals surface area contributed by atoms with Crippen molar-refractivity contribution in [3.05, 3.63) is 69.2 Å². The Bertz CT molecular complexity index is 831. The molecule has 3 rings (SSSR count). The molecule has 2 aromatic carbocycles. The summed E-state index contributed by atoms with van der Waals surface area (Å²) in [7, 11) is 1.41. The zero-order valence-corrected chi connectivity index (χ0v) is 13.8. The van der Waals surface area contributed by atoms with Crippen LogP contribution < -0.4 is 0 Å². The minimum absolute atomic E-state index is 0.115. The second-order valence-corrected chi connectivity index (χ2v) is 5.95. The van der Waals surface area contributed by atoms with Crippen LogP contribution in [0.4, 0.5) is 0 Å². The molecule has 23 heavy (non-hydrogen) atoms. The molecule has 0 unspecified atom stereocenters. The van der Waals surface area contributed by atoms with Gasteiger partial charge in [0.1, 0.15) is 6.61 Å². The first-order valence-electron chi connectivity index (χ1n) is 6.86. The molecule has 1 aliphatic heterocycles. The summed E-state index contributed by atoms with van der Waals surface area (Å²) in [6, 6.07) is 11.8. The number of carbonyl (C=O) groups excluding carboxylic acids is 3. The van der Waals surface area contributed by atoms with Crippen molar-refractivity contribution >= 4 is 33.7 Å². The predicted molar refractivity (Wildman–Crippen MR) is 86.1 cm³/mol. The molecule has 0 saturated heterocycles. The molecular weight excluding hydrogens is 362 g/mol. The van der Waals surface area contributed by atoms with Gasteiger partial charge >= 0.3 is 5.97 Å². The molecule has 2 aromatic rings. The minimum atomic E-state index is -0.543. The van der Waals surface area contributed by atoms with Crippen LogP contribution in [0.15, 0.2) is 46.9 Å². The molecule has 0 fully saturated rings. The summed E-state index contributed by atoms with van der Waals surface area (Å²) in [5.74, 6) is -1.32. The van der Waals surface area contributed by atoms with Gasteiger partial charge in [-0.15, -0.1) is 0 Å². The Morgan fingerprint density at radius 1 is 1.09 bits per heavy atom. The Hall–Kier alpha value is -2.47. The van der Waals surface area contributed by atoms with Crippen molar-refractivity contribution in [3.63, 3.8) is 0 Å². The quantitative estimate of drug-likeness (QED) is 0.612. The number of rotatable bonds is 3. The van der Waals surface area contributed by atoms with Gasteiger partial charge in [0.2, 0.25) is 0 Å². The van der Waals surface area contributed by atoms with E-state index in [0.29, 0.717) is 5.56 Å². The maximum absolute atomic E-state index is 12.2. The Morgan fingerprint density at radius 3 is 2.52 bits per heavy atom. The summed E-state index contributed by atoms with van der Waals surface area (Å²) in [6.07, 6.45) is 0. The molecule has 6 heteroatoms. The van der Waals surface area contributed by atoms with Crippen LogP contribution in [0, 0.1) is 0 Å². The van der Waals surface area contributed by atoms with Crippen molar-refractivity contribution in [2.75, 3.05) is 7.05 Å². The highest BCUT2D eigenvalue weighted by Crippen LogP contribution is 2.23. The normalized spacial score (nSPS) is 13.2. The van der Waals surface area contributed by atoms with Crippen molar-refractivity contribution in [1.29, 1.82) is 0 Å². The average Bonchev–Trinajstić information content (AvgIpc) is 2.78. The Labute approximate surface area is 141 Å². The second-order valence-electron chi connectivity index (χ2n) is 5.10. The smallest absolute Gasteiger partial charge is 0.338 e. The van der Waals surface area contributed by atoms with Crippen LogP contribution >= 0.6 is 15.9 Å². The van der Waals surface area contributed by atoms with Gasteiger partial charge in [-0.3, -0.25) is 14.5 Å². The molecule has 0 aromatic heterocycles.